The highest BCUT2D eigenvalue weighted by atomic mass is 16.2. The summed E-state index contributed by atoms with van der Waals surface area (Å²) in [4.78, 5) is 27.1. The van der Waals surface area contributed by atoms with Gasteiger partial charge in [0.2, 0.25) is 0 Å². The Morgan fingerprint density at radius 2 is 1.96 bits per heavy atom. The summed E-state index contributed by atoms with van der Waals surface area (Å²) in [5, 5.41) is 0. The Bertz CT molecular complexity index is 734. The summed E-state index contributed by atoms with van der Waals surface area (Å²) in [5.41, 5.74) is 1.72. The summed E-state index contributed by atoms with van der Waals surface area (Å²) in [6.07, 6.45) is 5.57. The van der Waals surface area contributed by atoms with Crippen molar-refractivity contribution in [2.75, 3.05) is 39.1 Å². The molecule has 1 aromatic carbocycles. The summed E-state index contributed by atoms with van der Waals surface area (Å²) >= 11 is 0. The van der Waals surface area contributed by atoms with Crippen LogP contribution in [0.4, 0.5) is 5.82 Å². The molecule has 1 atom stereocenters. The molecule has 0 N–H and O–H groups in total. The zero-order valence-corrected chi connectivity index (χ0v) is 15.8. The number of carbonyl (C=O) groups is 1. The molecule has 3 rings (SSSR count). The van der Waals surface area contributed by atoms with E-state index in [1.54, 1.807) is 20.3 Å². The van der Waals surface area contributed by atoms with Crippen LogP contribution in [-0.2, 0) is 6.54 Å². The van der Waals surface area contributed by atoms with Gasteiger partial charge in [0.25, 0.3) is 5.91 Å². The molecule has 26 heavy (non-hydrogen) atoms. The van der Waals surface area contributed by atoms with E-state index in [-0.39, 0.29) is 5.91 Å². The SMILES string of the molecule is CN(C)C(=O)c1cncc(N2CCCC(N(C)Cc3ccccc3)C2)n1. The van der Waals surface area contributed by atoms with Crippen molar-refractivity contribution < 1.29 is 4.79 Å². The van der Waals surface area contributed by atoms with Crippen molar-refractivity contribution >= 4 is 11.7 Å². The monoisotopic (exact) mass is 353 g/mol. The molecule has 0 spiro atoms. The maximum atomic E-state index is 12.2. The average Bonchev–Trinajstić information content (AvgIpc) is 2.68. The Morgan fingerprint density at radius 1 is 1.19 bits per heavy atom. The Hall–Kier alpha value is -2.47. The summed E-state index contributed by atoms with van der Waals surface area (Å²) < 4.78 is 0. The van der Waals surface area contributed by atoms with Gasteiger partial charge in [-0.15, -0.1) is 0 Å². The molecule has 0 radical (unpaired) electrons. The van der Waals surface area contributed by atoms with E-state index in [0.717, 1.165) is 31.9 Å². The first-order valence-corrected chi connectivity index (χ1v) is 9.07. The zero-order valence-electron chi connectivity index (χ0n) is 15.8. The zero-order chi connectivity index (χ0) is 18.5. The summed E-state index contributed by atoms with van der Waals surface area (Å²) in [5.74, 6) is 0.671. The number of carbonyl (C=O) groups excluding carboxylic acids is 1. The second kappa shape index (κ2) is 8.27. The predicted molar refractivity (Wildman–Crippen MR) is 103 cm³/mol. The molecular weight excluding hydrogens is 326 g/mol. The van der Waals surface area contributed by atoms with Crippen LogP contribution >= 0.6 is 0 Å². The van der Waals surface area contributed by atoms with Crippen molar-refractivity contribution in [3.8, 4) is 0 Å². The molecule has 1 aliphatic rings. The van der Waals surface area contributed by atoms with Crippen molar-refractivity contribution in [3.05, 3.63) is 54.0 Å². The molecule has 6 nitrogen and oxygen atoms in total. The van der Waals surface area contributed by atoms with Gasteiger partial charge in [0.1, 0.15) is 11.5 Å². The van der Waals surface area contributed by atoms with Gasteiger partial charge in [-0.05, 0) is 25.5 Å². The lowest BCUT2D eigenvalue weighted by Gasteiger charge is -2.38. The van der Waals surface area contributed by atoms with E-state index in [0.29, 0.717) is 11.7 Å². The molecule has 1 aromatic heterocycles. The number of nitrogens with zero attached hydrogens (tertiary/aromatic N) is 5. The van der Waals surface area contributed by atoms with Gasteiger partial charge in [-0.2, -0.15) is 0 Å². The maximum Gasteiger partial charge on any atom is 0.273 e. The van der Waals surface area contributed by atoms with E-state index in [1.807, 2.05) is 6.07 Å². The second-order valence-electron chi connectivity index (χ2n) is 7.10. The van der Waals surface area contributed by atoms with E-state index in [4.69, 9.17) is 0 Å². The van der Waals surface area contributed by atoms with Crippen LogP contribution in [0.3, 0.4) is 0 Å². The van der Waals surface area contributed by atoms with Crippen molar-refractivity contribution in [2.24, 2.45) is 0 Å². The molecule has 6 heteroatoms. The highest BCUT2D eigenvalue weighted by Crippen LogP contribution is 2.21. The van der Waals surface area contributed by atoms with Crippen molar-refractivity contribution in [1.82, 2.24) is 19.8 Å². The molecule has 0 aliphatic carbocycles. The third kappa shape index (κ3) is 4.38. The standard InChI is InChI=1S/C20H27N5O/c1-23(2)20(26)18-12-21-13-19(22-18)25-11-7-10-17(15-25)24(3)14-16-8-5-4-6-9-16/h4-6,8-9,12-13,17H,7,10-11,14-15H2,1-3H3. The Kier molecular flexibility index (Phi) is 5.83. The van der Waals surface area contributed by atoms with Gasteiger partial charge in [0, 0.05) is 39.8 Å². The lowest BCUT2D eigenvalue weighted by Crippen LogP contribution is -2.46. The fraction of sp³-hybridized carbons (Fsp3) is 0.450. The molecule has 1 unspecified atom stereocenters. The first kappa shape index (κ1) is 18.3. The summed E-state index contributed by atoms with van der Waals surface area (Å²) in [6.45, 7) is 2.78. The first-order chi connectivity index (χ1) is 12.5. The number of likely N-dealkylation sites (N-methyl/N-ethyl adjacent to an activating group) is 1. The van der Waals surface area contributed by atoms with Crippen LogP contribution < -0.4 is 4.90 Å². The largest absolute Gasteiger partial charge is 0.354 e. The normalized spacial score (nSPS) is 17.4. The molecule has 138 valence electrons. The molecule has 1 saturated heterocycles. The molecular formula is C20H27N5O. The van der Waals surface area contributed by atoms with Gasteiger partial charge in [0.15, 0.2) is 0 Å². The molecule has 1 amide bonds. The van der Waals surface area contributed by atoms with E-state index in [1.165, 1.54) is 23.1 Å². The van der Waals surface area contributed by atoms with Crippen molar-refractivity contribution in [3.63, 3.8) is 0 Å². The van der Waals surface area contributed by atoms with Gasteiger partial charge >= 0.3 is 0 Å². The van der Waals surface area contributed by atoms with Crippen molar-refractivity contribution in [1.29, 1.82) is 0 Å². The summed E-state index contributed by atoms with van der Waals surface area (Å²) in [6, 6.07) is 11.0. The minimum absolute atomic E-state index is 0.117. The number of anilines is 1. The van der Waals surface area contributed by atoms with E-state index >= 15 is 0 Å². The Balaban J connectivity index is 1.68. The van der Waals surface area contributed by atoms with Crippen LogP contribution in [0.1, 0.15) is 28.9 Å². The van der Waals surface area contributed by atoms with Crippen LogP contribution in [-0.4, -0.2) is 65.9 Å². The molecule has 2 heterocycles. The molecule has 0 bridgehead atoms. The topological polar surface area (TPSA) is 52.6 Å². The first-order valence-electron chi connectivity index (χ1n) is 9.07. The van der Waals surface area contributed by atoms with E-state index < -0.39 is 0 Å². The number of benzene rings is 1. The fourth-order valence-corrected chi connectivity index (χ4v) is 3.36. The molecule has 0 saturated carbocycles. The number of piperidine rings is 1. The fourth-order valence-electron chi connectivity index (χ4n) is 3.36. The van der Waals surface area contributed by atoms with Crippen LogP contribution in [0.2, 0.25) is 0 Å². The van der Waals surface area contributed by atoms with E-state index in [2.05, 4.69) is 51.1 Å². The lowest BCUT2D eigenvalue weighted by atomic mass is 10.0. The number of hydrogen-bond acceptors (Lipinski definition) is 5. The van der Waals surface area contributed by atoms with Crippen LogP contribution in [0.25, 0.3) is 0 Å². The lowest BCUT2D eigenvalue weighted by molar-refractivity contribution is 0.0821. The minimum atomic E-state index is -0.117. The minimum Gasteiger partial charge on any atom is -0.354 e. The summed E-state index contributed by atoms with van der Waals surface area (Å²) in [7, 11) is 5.64. The Morgan fingerprint density at radius 3 is 2.69 bits per heavy atom. The van der Waals surface area contributed by atoms with Gasteiger partial charge in [-0.25, -0.2) is 4.98 Å². The van der Waals surface area contributed by atoms with Crippen LogP contribution in [0, 0.1) is 0 Å². The predicted octanol–water partition coefficient (Wildman–Crippen LogP) is 2.28. The maximum absolute atomic E-state index is 12.2. The third-order valence-corrected chi connectivity index (χ3v) is 4.87. The number of amides is 1. The quantitative estimate of drug-likeness (QED) is 0.825. The smallest absolute Gasteiger partial charge is 0.273 e. The van der Waals surface area contributed by atoms with Gasteiger partial charge in [-0.3, -0.25) is 14.7 Å². The number of aromatic nitrogens is 2. The van der Waals surface area contributed by atoms with E-state index in [9.17, 15) is 4.79 Å². The third-order valence-electron chi connectivity index (χ3n) is 4.87. The molecule has 1 aliphatic heterocycles. The second-order valence-corrected chi connectivity index (χ2v) is 7.10. The number of hydrogen-bond donors (Lipinski definition) is 0. The highest BCUT2D eigenvalue weighted by molar-refractivity contribution is 5.91. The highest BCUT2D eigenvalue weighted by Gasteiger charge is 2.25. The van der Waals surface area contributed by atoms with Gasteiger partial charge in [0.05, 0.1) is 12.4 Å². The average molecular weight is 353 g/mol. The Labute approximate surface area is 155 Å². The van der Waals surface area contributed by atoms with Gasteiger partial charge in [-0.1, -0.05) is 30.3 Å². The van der Waals surface area contributed by atoms with Crippen LogP contribution in [0.15, 0.2) is 42.7 Å². The van der Waals surface area contributed by atoms with Crippen LogP contribution in [0.5, 0.6) is 0 Å². The molecule has 1 fully saturated rings. The molecule has 2 aromatic rings. The number of rotatable bonds is 5. The van der Waals surface area contributed by atoms with Gasteiger partial charge < -0.3 is 9.80 Å². The van der Waals surface area contributed by atoms with Crippen molar-refractivity contribution in [2.45, 2.75) is 25.4 Å².